The largest absolute Gasteiger partial charge is 0.352 e. The number of hydrogen-bond acceptors (Lipinski definition) is 6. The number of nitrogens with zero attached hydrogens (tertiary/aromatic N) is 6. The minimum absolute atomic E-state index is 0.168. The number of aromatic nitrogens is 4. The number of rotatable bonds is 6. The van der Waals surface area contributed by atoms with E-state index >= 15 is 0 Å². The molecule has 1 aromatic carbocycles. The van der Waals surface area contributed by atoms with Gasteiger partial charge in [-0.3, -0.25) is 4.79 Å². The number of carbonyl (C=O) groups is 1. The number of benzene rings is 1. The lowest BCUT2D eigenvalue weighted by Crippen LogP contribution is -2.49. The number of anilines is 1. The quantitative estimate of drug-likeness (QED) is 0.416. The van der Waals surface area contributed by atoms with Gasteiger partial charge in [0.2, 0.25) is 5.91 Å². The lowest BCUT2D eigenvalue weighted by molar-refractivity contribution is -0.130. The van der Waals surface area contributed by atoms with E-state index in [0.29, 0.717) is 32.6 Å². The third-order valence-corrected chi connectivity index (χ3v) is 6.99. The van der Waals surface area contributed by atoms with Gasteiger partial charge < -0.3 is 9.80 Å². The molecule has 5 rings (SSSR count). The van der Waals surface area contributed by atoms with Crippen molar-refractivity contribution in [2.24, 2.45) is 0 Å². The highest BCUT2D eigenvalue weighted by Crippen LogP contribution is 2.30. The van der Waals surface area contributed by atoms with E-state index in [1.165, 1.54) is 12.1 Å². The Labute approximate surface area is 201 Å². The summed E-state index contributed by atoms with van der Waals surface area (Å²) in [5.74, 6) is 1.52. The van der Waals surface area contributed by atoms with Gasteiger partial charge in [0, 0.05) is 37.5 Å². The first-order chi connectivity index (χ1) is 16.5. The second-order valence-electron chi connectivity index (χ2n) is 8.51. The van der Waals surface area contributed by atoms with Crippen LogP contribution in [0.4, 0.5) is 10.2 Å². The fourth-order valence-corrected chi connectivity index (χ4v) is 5.07. The minimum atomic E-state index is -0.287. The number of thiophene rings is 1. The SMILES string of the molecule is CCCc1nc(N2CCN(C(=O)Cc3cccs3)CC2)c2c(C)nn(-c3ccc(F)cc3)c2n1. The summed E-state index contributed by atoms with van der Waals surface area (Å²) in [6, 6.07) is 10.3. The van der Waals surface area contributed by atoms with Crippen LogP contribution in [0, 0.1) is 12.7 Å². The molecule has 0 atom stereocenters. The Balaban J connectivity index is 1.45. The van der Waals surface area contributed by atoms with Crippen LogP contribution in [0.15, 0.2) is 41.8 Å². The van der Waals surface area contributed by atoms with E-state index in [0.717, 1.165) is 51.8 Å². The van der Waals surface area contributed by atoms with Crippen LogP contribution >= 0.6 is 11.3 Å². The zero-order valence-electron chi connectivity index (χ0n) is 19.4. The van der Waals surface area contributed by atoms with Gasteiger partial charge in [-0.05, 0) is 49.1 Å². The van der Waals surface area contributed by atoms with Crippen molar-refractivity contribution in [3.63, 3.8) is 0 Å². The molecule has 1 aliphatic rings. The van der Waals surface area contributed by atoms with Gasteiger partial charge in [0.1, 0.15) is 17.5 Å². The second kappa shape index (κ2) is 9.50. The van der Waals surface area contributed by atoms with Crippen molar-refractivity contribution in [1.82, 2.24) is 24.6 Å². The first-order valence-electron chi connectivity index (χ1n) is 11.6. The van der Waals surface area contributed by atoms with Gasteiger partial charge in [-0.15, -0.1) is 11.3 Å². The topological polar surface area (TPSA) is 67.2 Å². The summed E-state index contributed by atoms with van der Waals surface area (Å²) >= 11 is 1.62. The molecule has 1 saturated heterocycles. The normalized spacial score (nSPS) is 14.2. The molecular formula is C25H27FN6OS. The lowest BCUT2D eigenvalue weighted by atomic mass is 10.2. The monoisotopic (exact) mass is 478 g/mol. The Morgan fingerprint density at radius 2 is 1.85 bits per heavy atom. The number of halogens is 1. The van der Waals surface area contributed by atoms with Crippen molar-refractivity contribution in [1.29, 1.82) is 0 Å². The summed E-state index contributed by atoms with van der Waals surface area (Å²) < 4.78 is 15.3. The van der Waals surface area contributed by atoms with E-state index in [1.807, 2.05) is 29.3 Å². The van der Waals surface area contributed by atoms with Crippen molar-refractivity contribution in [2.75, 3.05) is 31.1 Å². The molecule has 1 fully saturated rings. The summed E-state index contributed by atoms with van der Waals surface area (Å²) in [6.45, 7) is 6.78. The van der Waals surface area contributed by atoms with Gasteiger partial charge in [-0.1, -0.05) is 13.0 Å². The summed E-state index contributed by atoms with van der Waals surface area (Å²) in [6.07, 6.45) is 2.15. The van der Waals surface area contributed by atoms with Crippen molar-refractivity contribution in [2.45, 2.75) is 33.1 Å². The van der Waals surface area contributed by atoms with Crippen LogP contribution in [-0.2, 0) is 17.6 Å². The van der Waals surface area contributed by atoms with Gasteiger partial charge in [0.15, 0.2) is 5.65 Å². The molecule has 0 N–H and O–H groups in total. The van der Waals surface area contributed by atoms with Crippen LogP contribution < -0.4 is 4.90 Å². The Kier molecular flexibility index (Phi) is 6.28. The Morgan fingerprint density at radius 3 is 2.53 bits per heavy atom. The molecule has 1 aliphatic heterocycles. The van der Waals surface area contributed by atoms with Crippen molar-refractivity contribution in [3.8, 4) is 5.69 Å². The molecule has 0 spiro atoms. The molecule has 7 nitrogen and oxygen atoms in total. The Hall–Kier alpha value is -3.33. The van der Waals surface area contributed by atoms with Crippen LogP contribution in [0.5, 0.6) is 0 Å². The third-order valence-electron chi connectivity index (χ3n) is 6.11. The first-order valence-corrected chi connectivity index (χ1v) is 12.5. The summed E-state index contributed by atoms with van der Waals surface area (Å²) in [5.41, 5.74) is 2.32. The highest BCUT2D eigenvalue weighted by Gasteiger charge is 2.26. The molecule has 3 aromatic heterocycles. The van der Waals surface area contributed by atoms with E-state index in [2.05, 4.69) is 11.8 Å². The molecule has 4 aromatic rings. The zero-order valence-corrected chi connectivity index (χ0v) is 20.2. The predicted octanol–water partition coefficient (Wildman–Crippen LogP) is 4.17. The highest BCUT2D eigenvalue weighted by atomic mass is 32.1. The van der Waals surface area contributed by atoms with Gasteiger partial charge in [-0.25, -0.2) is 19.0 Å². The number of piperazine rings is 1. The number of carbonyl (C=O) groups excluding carboxylic acids is 1. The van der Waals surface area contributed by atoms with Crippen molar-refractivity contribution >= 4 is 34.1 Å². The third kappa shape index (κ3) is 4.40. The van der Waals surface area contributed by atoms with Crippen LogP contribution in [0.2, 0.25) is 0 Å². The van der Waals surface area contributed by atoms with Gasteiger partial charge >= 0.3 is 0 Å². The lowest BCUT2D eigenvalue weighted by Gasteiger charge is -2.35. The number of fused-ring (bicyclic) bond motifs is 1. The molecule has 176 valence electrons. The molecule has 0 aliphatic carbocycles. The average molecular weight is 479 g/mol. The van der Waals surface area contributed by atoms with Crippen LogP contribution in [0.3, 0.4) is 0 Å². The molecule has 0 radical (unpaired) electrons. The van der Waals surface area contributed by atoms with E-state index < -0.39 is 0 Å². The molecule has 0 unspecified atom stereocenters. The minimum Gasteiger partial charge on any atom is -0.352 e. The van der Waals surface area contributed by atoms with Gasteiger partial charge in [0.05, 0.1) is 23.2 Å². The van der Waals surface area contributed by atoms with Crippen molar-refractivity contribution < 1.29 is 9.18 Å². The first kappa shape index (κ1) is 22.5. The second-order valence-corrected chi connectivity index (χ2v) is 9.54. The van der Waals surface area contributed by atoms with E-state index in [-0.39, 0.29) is 11.7 Å². The average Bonchev–Trinajstić information content (AvgIpc) is 3.47. The van der Waals surface area contributed by atoms with E-state index in [9.17, 15) is 9.18 Å². The molecule has 0 saturated carbocycles. The molecule has 4 heterocycles. The van der Waals surface area contributed by atoms with E-state index in [1.54, 1.807) is 28.2 Å². The molecule has 34 heavy (non-hydrogen) atoms. The number of amides is 1. The maximum atomic E-state index is 13.5. The number of hydrogen-bond donors (Lipinski definition) is 0. The zero-order chi connectivity index (χ0) is 23.7. The maximum Gasteiger partial charge on any atom is 0.227 e. The maximum absolute atomic E-state index is 13.5. The van der Waals surface area contributed by atoms with Crippen molar-refractivity contribution in [3.05, 3.63) is 64.0 Å². The molecule has 9 heteroatoms. The summed E-state index contributed by atoms with van der Waals surface area (Å²) in [5, 5.41) is 7.64. The highest BCUT2D eigenvalue weighted by molar-refractivity contribution is 7.10. The molecular weight excluding hydrogens is 451 g/mol. The fraction of sp³-hybridized carbons (Fsp3) is 0.360. The Morgan fingerprint density at radius 1 is 1.09 bits per heavy atom. The predicted molar refractivity (Wildman–Crippen MR) is 132 cm³/mol. The van der Waals surface area contributed by atoms with Gasteiger partial charge in [-0.2, -0.15) is 5.10 Å². The smallest absolute Gasteiger partial charge is 0.227 e. The van der Waals surface area contributed by atoms with E-state index in [4.69, 9.17) is 15.1 Å². The number of aryl methyl sites for hydroxylation is 2. The summed E-state index contributed by atoms with van der Waals surface area (Å²) in [7, 11) is 0. The van der Waals surface area contributed by atoms with Crippen LogP contribution in [-0.4, -0.2) is 56.7 Å². The summed E-state index contributed by atoms with van der Waals surface area (Å²) in [4.78, 5) is 27.8. The standard InChI is InChI=1S/C25H27FN6OS/c1-3-5-21-27-24(31-13-11-30(12-14-31)22(33)16-20-6-4-15-34-20)23-17(2)29-32(25(23)28-21)19-9-7-18(26)8-10-19/h4,6-10,15H,3,5,11-14,16H2,1-2H3. The molecule has 0 bridgehead atoms. The van der Waals surface area contributed by atoms with Crippen LogP contribution in [0.25, 0.3) is 16.7 Å². The van der Waals surface area contributed by atoms with Crippen LogP contribution in [0.1, 0.15) is 29.7 Å². The molecule has 1 amide bonds. The Bertz CT molecular complexity index is 1290. The van der Waals surface area contributed by atoms with Gasteiger partial charge in [0.25, 0.3) is 0 Å². The fourth-order valence-electron chi connectivity index (χ4n) is 4.37.